The van der Waals surface area contributed by atoms with Crippen LogP contribution in [0.1, 0.15) is 24.0 Å². The van der Waals surface area contributed by atoms with E-state index in [9.17, 15) is 4.79 Å². The summed E-state index contributed by atoms with van der Waals surface area (Å²) in [6, 6.07) is 14.4. The number of nitrogens with one attached hydrogen (secondary N) is 1. The number of ether oxygens (including phenoxy) is 1. The van der Waals surface area contributed by atoms with Crippen molar-refractivity contribution in [1.82, 2.24) is 9.78 Å². The van der Waals surface area contributed by atoms with E-state index in [1.54, 1.807) is 7.11 Å². The molecular formula is C25H29N5O2. The predicted molar refractivity (Wildman–Crippen MR) is 127 cm³/mol. The number of nitrogens with zero attached hydrogens (tertiary/aromatic N) is 4. The number of fused-ring (bicyclic) bond motifs is 2. The summed E-state index contributed by atoms with van der Waals surface area (Å²) in [6.45, 7) is 4.31. The van der Waals surface area contributed by atoms with Gasteiger partial charge in [-0.3, -0.25) is 9.48 Å². The molecule has 3 aromatic rings. The van der Waals surface area contributed by atoms with Gasteiger partial charge in [-0.15, -0.1) is 0 Å². The molecule has 1 amide bonds. The van der Waals surface area contributed by atoms with Gasteiger partial charge in [-0.2, -0.15) is 5.10 Å². The number of carbonyl (C=O) groups is 1. The van der Waals surface area contributed by atoms with E-state index in [2.05, 4.69) is 52.6 Å². The average molecular weight is 432 g/mol. The Morgan fingerprint density at radius 2 is 1.97 bits per heavy atom. The van der Waals surface area contributed by atoms with Gasteiger partial charge in [-0.25, -0.2) is 0 Å². The Hall–Kier alpha value is -3.48. The summed E-state index contributed by atoms with van der Waals surface area (Å²) in [5.74, 6) is 2.00. The lowest BCUT2D eigenvalue weighted by molar-refractivity contribution is -0.123. The first kappa shape index (κ1) is 20.4. The molecule has 166 valence electrons. The maximum Gasteiger partial charge on any atom is 0.230 e. The number of amides is 1. The molecule has 1 aromatic heterocycles. The van der Waals surface area contributed by atoms with E-state index >= 15 is 0 Å². The lowest BCUT2D eigenvalue weighted by Gasteiger charge is -2.35. The van der Waals surface area contributed by atoms with Crippen molar-refractivity contribution in [2.75, 3.05) is 35.3 Å². The molecule has 0 unspecified atom stereocenters. The van der Waals surface area contributed by atoms with Crippen molar-refractivity contribution in [3.05, 3.63) is 59.8 Å². The fourth-order valence-corrected chi connectivity index (χ4v) is 4.74. The third kappa shape index (κ3) is 3.68. The molecule has 1 N–H and O–H groups in total. The zero-order valence-electron chi connectivity index (χ0n) is 18.8. The van der Waals surface area contributed by atoms with Crippen molar-refractivity contribution in [2.24, 2.45) is 13.0 Å². The lowest BCUT2D eigenvalue weighted by Crippen LogP contribution is -2.42. The second-order valence-electron chi connectivity index (χ2n) is 8.67. The van der Waals surface area contributed by atoms with Crippen LogP contribution in [0.25, 0.3) is 0 Å². The Morgan fingerprint density at radius 3 is 2.75 bits per heavy atom. The summed E-state index contributed by atoms with van der Waals surface area (Å²) in [5, 5.41) is 7.90. The minimum atomic E-state index is 0.00392. The molecule has 1 saturated heterocycles. The van der Waals surface area contributed by atoms with Crippen LogP contribution in [0.5, 0.6) is 5.75 Å². The molecule has 0 saturated carbocycles. The monoisotopic (exact) mass is 431 g/mol. The van der Waals surface area contributed by atoms with Gasteiger partial charge < -0.3 is 19.9 Å². The maximum absolute atomic E-state index is 13.7. The third-order valence-corrected chi connectivity index (χ3v) is 6.57. The van der Waals surface area contributed by atoms with Crippen LogP contribution >= 0.6 is 0 Å². The highest BCUT2D eigenvalue weighted by Crippen LogP contribution is 2.38. The molecule has 0 bridgehead atoms. The van der Waals surface area contributed by atoms with Gasteiger partial charge in [0.2, 0.25) is 5.91 Å². The number of hydrogen-bond donors (Lipinski definition) is 1. The average Bonchev–Trinajstić information content (AvgIpc) is 3.07. The van der Waals surface area contributed by atoms with Crippen LogP contribution in [0.15, 0.2) is 48.7 Å². The fraction of sp³-hybridized carbons (Fsp3) is 0.360. The van der Waals surface area contributed by atoms with Crippen molar-refractivity contribution >= 4 is 28.8 Å². The number of piperidine rings is 1. The number of methoxy groups -OCH3 is 1. The SMILES string of the molecule is COc1cccc(N2CCC(C(=O)N3Cc4cnn(C)c4Nc4cc(C)ccc43)CC2)c1. The van der Waals surface area contributed by atoms with Crippen molar-refractivity contribution < 1.29 is 9.53 Å². The van der Waals surface area contributed by atoms with Gasteiger partial charge in [0.15, 0.2) is 0 Å². The Kier molecular flexibility index (Phi) is 5.25. The third-order valence-electron chi connectivity index (χ3n) is 6.57. The summed E-state index contributed by atoms with van der Waals surface area (Å²) in [7, 11) is 3.61. The number of rotatable bonds is 3. The second-order valence-corrected chi connectivity index (χ2v) is 8.67. The van der Waals surface area contributed by atoms with Crippen LogP contribution < -0.4 is 19.9 Å². The van der Waals surface area contributed by atoms with Crippen molar-refractivity contribution in [3.8, 4) is 5.75 Å². The molecule has 0 spiro atoms. The van der Waals surface area contributed by atoms with Crippen LogP contribution in [-0.2, 0) is 18.4 Å². The van der Waals surface area contributed by atoms with Gasteiger partial charge in [0, 0.05) is 43.4 Å². The first-order chi connectivity index (χ1) is 15.5. The van der Waals surface area contributed by atoms with Crippen LogP contribution in [-0.4, -0.2) is 35.9 Å². The summed E-state index contributed by atoms with van der Waals surface area (Å²) >= 11 is 0. The summed E-state index contributed by atoms with van der Waals surface area (Å²) in [6.07, 6.45) is 3.52. The normalized spacial score (nSPS) is 16.1. The molecule has 2 aromatic carbocycles. The number of aryl methyl sites for hydroxylation is 2. The van der Waals surface area contributed by atoms with Gasteiger partial charge in [-0.1, -0.05) is 12.1 Å². The quantitative estimate of drug-likeness (QED) is 0.672. The van der Waals surface area contributed by atoms with Crippen LogP contribution in [0.2, 0.25) is 0 Å². The molecule has 2 aliphatic heterocycles. The lowest BCUT2D eigenvalue weighted by atomic mass is 9.94. The fourth-order valence-electron chi connectivity index (χ4n) is 4.74. The first-order valence-corrected chi connectivity index (χ1v) is 11.1. The summed E-state index contributed by atoms with van der Waals surface area (Å²) in [4.78, 5) is 18.0. The van der Waals surface area contributed by atoms with Gasteiger partial charge in [0.1, 0.15) is 11.6 Å². The van der Waals surface area contributed by atoms with E-state index in [4.69, 9.17) is 4.74 Å². The van der Waals surface area contributed by atoms with Crippen molar-refractivity contribution in [2.45, 2.75) is 26.3 Å². The highest BCUT2D eigenvalue weighted by atomic mass is 16.5. The van der Waals surface area contributed by atoms with Crippen molar-refractivity contribution in [3.63, 3.8) is 0 Å². The maximum atomic E-state index is 13.7. The Labute approximate surface area is 188 Å². The molecule has 2 aliphatic rings. The van der Waals surface area contributed by atoms with Crippen LogP contribution in [0.4, 0.5) is 22.9 Å². The Morgan fingerprint density at radius 1 is 1.16 bits per heavy atom. The highest BCUT2D eigenvalue weighted by molar-refractivity contribution is 5.99. The largest absolute Gasteiger partial charge is 0.497 e. The van der Waals surface area contributed by atoms with E-state index in [0.717, 1.165) is 65.7 Å². The Bertz CT molecular complexity index is 1150. The highest BCUT2D eigenvalue weighted by Gasteiger charge is 2.33. The molecule has 7 heteroatoms. The summed E-state index contributed by atoms with van der Waals surface area (Å²) in [5.41, 5.74) is 5.22. The van der Waals surface area contributed by atoms with Gasteiger partial charge in [0.25, 0.3) is 0 Å². The van der Waals surface area contributed by atoms with E-state index in [0.29, 0.717) is 6.54 Å². The molecule has 32 heavy (non-hydrogen) atoms. The standard InChI is InChI=1S/C25H29N5O2/c1-17-7-8-23-22(13-17)27-24-19(15-26-28(24)2)16-30(23)25(31)18-9-11-29(12-10-18)20-5-4-6-21(14-20)32-3/h4-8,13-15,18,27H,9-12,16H2,1-3H3. The number of aromatic nitrogens is 2. The first-order valence-electron chi connectivity index (χ1n) is 11.1. The second kappa shape index (κ2) is 8.22. The smallest absolute Gasteiger partial charge is 0.230 e. The van der Waals surface area contributed by atoms with Gasteiger partial charge in [-0.05, 0) is 49.6 Å². The summed E-state index contributed by atoms with van der Waals surface area (Å²) < 4.78 is 7.20. The zero-order valence-corrected chi connectivity index (χ0v) is 18.8. The zero-order chi connectivity index (χ0) is 22.2. The molecular weight excluding hydrogens is 402 g/mol. The number of carbonyl (C=O) groups excluding carboxylic acids is 1. The van der Waals surface area contributed by atoms with Crippen molar-refractivity contribution in [1.29, 1.82) is 0 Å². The number of benzene rings is 2. The minimum Gasteiger partial charge on any atom is -0.497 e. The van der Waals surface area contributed by atoms with E-state index in [1.807, 2.05) is 35.0 Å². The topological polar surface area (TPSA) is 62.6 Å². The van der Waals surface area contributed by atoms with E-state index < -0.39 is 0 Å². The molecule has 1 fully saturated rings. The van der Waals surface area contributed by atoms with E-state index in [-0.39, 0.29) is 11.8 Å². The van der Waals surface area contributed by atoms with Gasteiger partial charge in [0.05, 0.1) is 31.2 Å². The molecule has 5 rings (SSSR count). The minimum absolute atomic E-state index is 0.00392. The molecule has 0 atom stereocenters. The molecule has 0 aliphatic carbocycles. The van der Waals surface area contributed by atoms with E-state index in [1.165, 1.54) is 0 Å². The van der Waals surface area contributed by atoms with Gasteiger partial charge >= 0.3 is 0 Å². The Balaban J connectivity index is 1.37. The van der Waals surface area contributed by atoms with Crippen LogP contribution in [0.3, 0.4) is 0 Å². The van der Waals surface area contributed by atoms with Crippen LogP contribution in [0, 0.1) is 12.8 Å². The molecule has 7 nitrogen and oxygen atoms in total. The number of hydrogen-bond acceptors (Lipinski definition) is 5. The molecule has 3 heterocycles. The molecule has 0 radical (unpaired) electrons. The number of anilines is 4. The predicted octanol–water partition coefficient (Wildman–Crippen LogP) is 4.24.